The molecule has 1 fully saturated rings. The number of aliphatic hydroxyl groups is 1. The summed E-state index contributed by atoms with van der Waals surface area (Å²) >= 11 is 1.25. The summed E-state index contributed by atoms with van der Waals surface area (Å²) in [5.41, 5.74) is 0. The lowest BCUT2D eigenvalue weighted by atomic mass is 10.1. The van der Waals surface area contributed by atoms with Crippen molar-refractivity contribution < 1.29 is 9.90 Å². The maximum atomic E-state index is 12.1. The highest BCUT2D eigenvalue weighted by Gasteiger charge is 2.25. The number of carbonyl (C=O) groups excluding carboxylic acids is 1. The average Bonchev–Trinajstić information content (AvgIpc) is 2.83. The zero-order valence-electron chi connectivity index (χ0n) is 11.8. The summed E-state index contributed by atoms with van der Waals surface area (Å²) < 4.78 is 0. The van der Waals surface area contributed by atoms with Crippen molar-refractivity contribution in [2.24, 2.45) is 0 Å². The topological polar surface area (TPSA) is 87.1 Å². The summed E-state index contributed by atoms with van der Waals surface area (Å²) in [6.07, 6.45) is 5.31. The molecule has 0 spiro atoms. The molecule has 0 bridgehead atoms. The minimum absolute atomic E-state index is 0.166. The smallest absolute Gasteiger partial charge is 0.282 e. The molecule has 0 aromatic carbocycles. The van der Waals surface area contributed by atoms with Gasteiger partial charge in [-0.05, 0) is 19.3 Å². The number of carbonyl (C=O) groups is 1. The van der Waals surface area contributed by atoms with Crippen molar-refractivity contribution in [1.82, 2.24) is 15.5 Å². The number of aliphatic hydroxyl groups excluding tert-OH is 1. The van der Waals surface area contributed by atoms with Crippen molar-refractivity contribution >= 4 is 22.4 Å². The van der Waals surface area contributed by atoms with Gasteiger partial charge in [0, 0.05) is 6.54 Å². The second-order valence-electron chi connectivity index (χ2n) is 5.12. The molecule has 1 aliphatic rings. The molecule has 2 rings (SSSR count). The molecule has 0 aliphatic heterocycles. The van der Waals surface area contributed by atoms with Gasteiger partial charge in [0.2, 0.25) is 10.1 Å². The van der Waals surface area contributed by atoms with Gasteiger partial charge in [0.1, 0.15) is 0 Å². The number of nitrogens with one attached hydrogen (secondary N) is 2. The molecule has 2 atom stereocenters. The van der Waals surface area contributed by atoms with Gasteiger partial charge >= 0.3 is 0 Å². The third kappa shape index (κ3) is 4.14. The van der Waals surface area contributed by atoms with E-state index >= 15 is 0 Å². The standard InChI is InChI=1S/C13H22N4O2S/c1-2-8-14-13-17-16-12(20-13)11(19)15-9-6-4-3-5-7-10(9)18/h9-10,18H,2-8H2,1H3,(H,14,17)(H,15,19). The van der Waals surface area contributed by atoms with E-state index in [-0.39, 0.29) is 11.9 Å². The summed E-state index contributed by atoms with van der Waals surface area (Å²) in [6.45, 7) is 2.88. The van der Waals surface area contributed by atoms with Gasteiger partial charge in [-0.2, -0.15) is 0 Å². The van der Waals surface area contributed by atoms with Crippen molar-refractivity contribution in [2.75, 3.05) is 11.9 Å². The van der Waals surface area contributed by atoms with Crippen LogP contribution < -0.4 is 10.6 Å². The first-order chi connectivity index (χ1) is 9.70. The molecule has 1 aromatic rings. The number of nitrogens with zero attached hydrogens (tertiary/aromatic N) is 2. The minimum atomic E-state index is -0.452. The maximum Gasteiger partial charge on any atom is 0.282 e. The van der Waals surface area contributed by atoms with Crippen LogP contribution in [0.4, 0.5) is 5.13 Å². The van der Waals surface area contributed by atoms with E-state index in [1.807, 2.05) is 0 Å². The third-order valence-corrected chi connectivity index (χ3v) is 4.32. The number of aromatic nitrogens is 2. The van der Waals surface area contributed by atoms with Crippen LogP contribution in [0.5, 0.6) is 0 Å². The molecule has 112 valence electrons. The Morgan fingerprint density at radius 1 is 1.35 bits per heavy atom. The number of hydrogen-bond donors (Lipinski definition) is 3. The molecule has 1 heterocycles. The SMILES string of the molecule is CCCNc1nnc(C(=O)NC2CCCCCC2O)s1. The van der Waals surface area contributed by atoms with Gasteiger partial charge < -0.3 is 15.7 Å². The molecule has 20 heavy (non-hydrogen) atoms. The van der Waals surface area contributed by atoms with E-state index in [0.29, 0.717) is 10.1 Å². The highest BCUT2D eigenvalue weighted by molar-refractivity contribution is 7.17. The van der Waals surface area contributed by atoms with Crippen LogP contribution in [0.25, 0.3) is 0 Å². The highest BCUT2D eigenvalue weighted by Crippen LogP contribution is 2.20. The Morgan fingerprint density at radius 3 is 2.95 bits per heavy atom. The Kier molecular flexibility index (Phi) is 5.72. The molecule has 7 heteroatoms. The molecule has 0 radical (unpaired) electrons. The monoisotopic (exact) mass is 298 g/mol. The van der Waals surface area contributed by atoms with Gasteiger partial charge in [-0.1, -0.05) is 37.5 Å². The number of anilines is 1. The summed E-state index contributed by atoms with van der Waals surface area (Å²) in [5.74, 6) is -0.238. The maximum absolute atomic E-state index is 12.1. The molecule has 6 nitrogen and oxygen atoms in total. The van der Waals surface area contributed by atoms with Crippen LogP contribution in [0.2, 0.25) is 0 Å². The molecule has 1 aromatic heterocycles. The van der Waals surface area contributed by atoms with Gasteiger partial charge in [-0.3, -0.25) is 4.79 Å². The van der Waals surface area contributed by atoms with Crippen LogP contribution in [0.15, 0.2) is 0 Å². The van der Waals surface area contributed by atoms with E-state index in [4.69, 9.17) is 0 Å². The largest absolute Gasteiger partial charge is 0.391 e. The molecule has 2 unspecified atom stereocenters. The molecular formula is C13H22N4O2S. The lowest BCUT2D eigenvalue weighted by molar-refractivity contribution is 0.0818. The molecule has 0 saturated heterocycles. The van der Waals surface area contributed by atoms with Crippen molar-refractivity contribution in [3.63, 3.8) is 0 Å². The summed E-state index contributed by atoms with van der Waals surface area (Å²) in [6, 6.07) is -0.166. The van der Waals surface area contributed by atoms with Crippen molar-refractivity contribution in [2.45, 2.75) is 57.6 Å². The second kappa shape index (κ2) is 7.54. The van der Waals surface area contributed by atoms with Crippen LogP contribution in [-0.2, 0) is 0 Å². The van der Waals surface area contributed by atoms with Crippen LogP contribution in [0.3, 0.4) is 0 Å². The molecule has 3 N–H and O–H groups in total. The molecule has 1 saturated carbocycles. The Labute approximate surface area is 123 Å². The molecule has 1 amide bonds. The van der Waals surface area contributed by atoms with Gasteiger partial charge in [0.05, 0.1) is 12.1 Å². The number of hydrogen-bond acceptors (Lipinski definition) is 6. The van der Waals surface area contributed by atoms with Gasteiger partial charge in [-0.15, -0.1) is 10.2 Å². The first kappa shape index (κ1) is 15.2. The lowest BCUT2D eigenvalue weighted by Gasteiger charge is -2.20. The second-order valence-corrected chi connectivity index (χ2v) is 6.10. The first-order valence-electron chi connectivity index (χ1n) is 7.27. The molecule has 1 aliphatic carbocycles. The Bertz CT molecular complexity index is 438. The van der Waals surface area contributed by atoms with Crippen LogP contribution in [0.1, 0.15) is 55.3 Å². The minimum Gasteiger partial charge on any atom is -0.391 e. The normalized spacial score (nSPS) is 23.1. The number of rotatable bonds is 5. The average molecular weight is 298 g/mol. The summed E-state index contributed by atoms with van der Waals surface area (Å²) in [5, 5.41) is 24.8. The van der Waals surface area contributed by atoms with Crippen LogP contribution in [0, 0.1) is 0 Å². The van der Waals surface area contributed by atoms with Gasteiger partial charge in [0.15, 0.2) is 0 Å². The fourth-order valence-corrected chi connectivity index (χ4v) is 2.98. The lowest BCUT2D eigenvalue weighted by Crippen LogP contribution is -2.42. The Morgan fingerprint density at radius 2 is 2.15 bits per heavy atom. The van der Waals surface area contributed by atoms with E-state index in [2.05, 4.69) is 27.8 Å². The number of amides is 1. The van der Waals surface area contributed by atoms with E-state index in [9.17, 15) is 9.90 Å². The quantitative estimate of drug-likeness (QED) is 0.721. The van der Waals surface area contributed by atoms with E-state index in [1.54, 1.807) is 0 Å². The Hall–Kier alpha value is -1.21. The Balaban J connectivity index is 1.91. The third-order valence-electron chi connectivity index (χ3n) is 3.44. The van der Waals surface area contributed by atoms with E-state index < -0.39 is 6.10 Å². The highest BCUT2D eigenvalue weighted by atomic mass is 32.1. The molecular weight excluding hydrogens is 276 g/mol. The fraction of sp³-hybridized carbons (Fsp3) is 0.769. The van der Waals surface area contributed by atoms with Crippen molar-refractivity contribution in [3.8, 4) is 0 Å². The zero-order chi connectivity index (χ0) is 14.4. The van der Waals surface area contributed by atoms with Gasteiger partial charge in [0.25, 0.3) is 5.91 Å². The van der Waals surface area contributed by atoms with Crippen molar-refractivity contribution in [1.29, 1.82) is 0 Å². The van der Waals surface area contributed by atoms with E-state index in [0.717, 1.165) is 45.1 Å². The van der Waals surface area contributed by atoms with Crippen molar-refractivity contribution in [3.05, 3.63) is 5.01 Å². The van der Waals surface area contributed by atoms with Gasteiger partial charge in [-0.25, -0.2) is 0 Å². The first-order valence-corrected chi connectivity index (χ1v) is 8.08. The van der Waals surface area contributed by atoms with Crippen LogP contribution >= 0.6 is 11.3 Å². The van der Waals surface area contributed by atoms with E-state index in [1.165, 1.54) is 11.3 Å². The summed E-state index contributed by atoms with van der Waals surface area (Å²) in [4.78, 5) is 12.1. The van der Waals surface area contributed by atoms with Crippen LogP contribution in [-0.4, -0.2) is 39.9 Å². The zero-order valence-corrected chi connectivity index (χ0v) is 12.6. The fourth-order valence-electron chi connectivity index (χ4n) is 2.30. The summed E-state index contributed by atoms with van der Waals surface area (Å²) in [7, 11) is 0. The predicted octanol–water partition coefficient (Wildman–Crippen LogP) is 1.78. The predicted molar refractivity (Wildman–Crippen MR) is 79.0 cm³/mol.